The fourth-order valence-electron chi connectivity index (χ4n) is 3.22. The van der Waals surface area contributed by atoms with Crippen molar-refractivity contribution in [2.45, 2.75) is 33.1 Å². The molecule has 0 bridgehead atoms. The molecule has 140 valence electrons. The molecule has 3 rings (SSSR count). The number of hydrogen-bond donors (Lipinski definition) is 2. The quantitative estimate of drug-likeness (QED) is 0.606. The van der Waals surface area contributed by atoms with Crippen LogP contribution in [0.3, 0.4) is 0 Å². The Labute approximate surface area is 154 Å². The van der Waals surface area contributed by atoms with Crippen molar-refractivity contribution in [3.8, 4) is 0 Å². The zero-order chi connectivity index (χ0) is 19.7. The molecule has 1 atom stereocenters. The predicted molar refractivity (Wildman–Crippen MR) is 95.6 cm³/mol. The molecule has 9 heteroatoms. The summed E-state index contributed by atoms with van der Waals surface area (Å²) in [5.41, 5.74) is 2.02. The molecule has 1 aromatic heterocycles. The number of benzene rings is 1. The highest BCUT2D eigenvalue weighted by Crippen LogP contribution is 2.43. The summed E-state index contributed by atoms with van der Waals surface area (Å²) in [5.74, 6) is -1.23. The lowest BCUT2D eigenvalue weighted by atomic mass is 9.80. The molecule has 1 aliphatic heterocycles. The number of dihydropyridines is 1. The van der Waals surface area contributed by atoms with Crippen LogP contribution in [-0.4, -0.2) is 26.1 Å². The lowest BCUT2D eigenvalue weighted by molar-refractivity contribution is -0.384. The van der Waals surface area contributed by atoms with Gasteiger partial charge in [0.25, 0.3) is 11.6 Å². The number of nitrogens with one attached hydrogen (secondary N) is 1. The molecule has 2 aromatic rings. The number of non-ortho nitro benzene ring substituents is 1. The first-order valence-corrected chi connectivity index (χ1v) is 8.32. The van der Waals surface area contributed by atoms with E-state index in [9.17, 15) is 20.0 Å². The molecule has 1 aromatic carbocycles. The van der Waals surface area contributed by atoms with E-state index in [2.05, 4.69) is 15.5 Å². The normalized spacial score (nSPS) is 17.1. The minimum absolute atomic E-state index is 0.0762. The van der Waals surface area contributed by atoms with Crippen molar-refractivity contribution >= 4 is 17.2 Å². The third-order valence-electron chi connectivity index (χ3n) is 4.42. The number of carboxylic acids is 1. The summed E-state index contributed by atoms with van der Waals surface area (Å²) < 4.78 is 5.35. The van der Waals surface area contributed by atoms with Gasteiger partial charge in [0.05, 0.1) is 16.4 Å². The highest BCUT2D eigenvalue weighted by atomic mass is 16.6. The third-order valence-corrected chi connectivity index (χ3v) is 4.42. The molecule has 2 heterocycles. The monoisotopic (exact) mass is 370 g/mol. The number of allylic oxidation sites excluding steroid dienone is 3. The first kappa shape index (κ1) is 18.3. The van der Waals surface area contributed by atoms with E-state index in [1.54, 1.807) is 19.9 Å². The number of nitrogens with zero attached hydrogens (tertiary/aromatic N) is 3. The van der Waals surface area contributed by atoms with Gasteiger partial charge >= 0.3 is 5.97 Å². The van der Waals surface area contributed by atoms with Crippen LogP contribution >= 0.6 is 0 Å². The number of aryl methyl sites for hydroxylation is 1. The number of carboxylic acid groups (broad SMARTS) is 1. The van der Waals surface area contributed by atoms with E-state index >= 15 is 0 Å². The fraction of sp³-hybridized carbons (Fsp3) is 0.278. The van der Waals surface area contributed by atoms with Crippen LogP contribution in [0.1, 0.15) is 44.0 Å². The van der Waals surface area contributed by atoms with Crippen molar-refractivity contribution in [2.75, 3.05) is 0 Å². The fourth-order valence-corrected chi connectivity index (χ4v) is 3.22. The van der Waals surface area contributed by atoms with Gasteiger partial charge in [0.2, 0.25) is 0 Å². The summed E-state index contributed by atoms with van der Waals surface area (Å²) in [7, 11) is 0. The lowest BCUT2D eigenvalue weighted by Crippen LogP contribution is -2.27. The molecule has 1 unspecified atom stereocenters. The highest BCUT2D eigenvalue weighted by Gasteiger charge is 2.36. The van der Waals surface area contributed by atoms with Crippen LogP contribution in [0.5, 0.6) is 0 Å². The van der Waals surface area contributed by atoms with Crippen LogP contribution < -0.4 is 5.32 Å². The van der Waals surface area contributed by atoms with Crippen LogP contribution in [-0.2, 0) is 11.2 Å². The van der Waals surface area contributed by atoms with E-state index in [0.717, 1.165) is 0 Å². The summed E-state index contributed by atoms with van der Waals surface area (Å²) in [4.78, 5) is 27.0. The average Bonchev–Trinajstić information content (AvgIpc) is 3.09. The van der Waals surface area contributed by atoms with Gasteiger partial charge in [-0.1, -0.05) is 24.2 Å². The van der Waals surface area contributed by atoms with E-state index in [0.29, 0.717) is 34.8 Å². The Bertz CT molecular complexity index is 989. The van der Waals surface area contributed by atoms with Crippen LogP contribution in [0, 0.1) is 10.1 Å². The van der Waals surface area contributed by atoms with Gasteiger partial charge in [0.15, 0.2) is 5.82 Å². The summed E-state index contributed by atoms with van der Waals surface area (Å²) in [6, 6.07) is 5.92. The van der Waals surface area contributed by atoms with E-state index in [1.807, 2.05) is 6.92 Å². The van der Waals surface area contributed by atoms with E-state index < -0.39 is 16.8 Å². The maximum atomic E-state index is 12.0. The Balaban J connectivity index is 2.23. The van der Waals surface area contributed by atoms with E-state index in [1.165, 1.54) is 18.2 Å². The Morgan fingerprint density at radius 1 is 1.37 bits per heavy atom. The highest BCUT2D eigenvalue weighted by molar-refractivity contribution is 5.95. The van der Waals surface area contributed by atoms with Crippen LogP contribution in [0.15, 0.2) is 45.8 Å². The zero-order valence-electron chi connectivity index (χ0n) is 15.0. The van der Waals surface area contributed by atoms with Crippen LogP contribution in [0.4, 0.5) is 5.69 Å². The number of nitro benzene ring substituents is 1. The molecular formula is C18H18N4O5. The predicted octanol–water partition coefficient (Wildman–Crippen LogP) is 3.02. The van der Waals surface area contributed by atoms with E-state index in [4.69, 9.17) is 4.52 Å². The van der Waals surface area contributed by atoms with Crippen LogP contribution in [0.25, 0.3) is 5.57 Å². The van der Waals surface area contributed by atoms with Gasteiger partial charge in [-0.05, 0) is 19.4 Å². The molecule has 2 N–H and O–H groups in total. The SMILES string of the molecule is CCc1noc(C2=C(C)NC(C)=C(C(=O)O)C2c2cccc([N+](=O)[O-])c2)n1. The van der Waals surface area contributed by atoms with Crippen molar-refractivity contribution in [1.82, 2.24) is 15.5 Å². The number of carbonyl (C=O) groups is 1. The molecule has 0 spiro atoms. The first-order chi connectivity index (χ1) is 12.8. The number of aliphatic carboxylic acids is 1. The van der Waals surface area contributed by atoms with Gasteiger partial charge in [0, 0.05) is 35.5 Å². The first-order valence-electron chi connectivity index (χ1n) is 8.32. The van der Waals surface area contributed by atoms with Crippen molar-refractivity contribution in [3.63, 3.8) is 0 Å². The topological polar surface area (TPSA) is 131 Å². The van der Waals surface area contributed by atoms with Crippen molar-refractivity contribution in [2.24, 2.45) is 0 Å². The number of aromatic nitrogens is 2. The summed E-state index contributed by atoms with van der Waals surface area (Å²) in [6.45, 7) is 5.30. The van der Waals surface area contributed by atoms with Gasteiger partial charge < -0.3 is 14.9 Å². The molecule has 0 radical (unpaired) electrons. The molecule has 1 aliphatic rings. The number of nitro groups is 1. The Morgan fingerprint density at radius 3 is 2.70 bits per heavy atom. The van der Waals surface area contributed by atoms with Crippen molar-refractivity contribution < 1.29 is 19.3 Å². The Morgan fingerprint density at radius 2 is 2.11 bits per heavy atom. The minimum Gasteiger partial charge on any atom is -0.478 e. The number of hydrogen-bond acceptors (Lipinski definition) is 7. The molecule has 0 aliphatic carbocycles. The van der Waals surface area contributed by atoms with Crippen LogP contribution in [0.2, 0.25) is 0 Å². The number of rotatable bonds is 5. The second-order valence-electron chi connectivity index (χ2n) is 6.16. The zero-order valence-corrected chi connectivity index (χ0v) is 15.0. The van der Waals surface area contributed by atoms with Gasteiger partial charge in [-0.2, -0.15) is 4.98 Å². The summed E-state index contributed by atoms with van der Waals surface area (Å²) in [6.07, 6.45) is 0.561. The maximum absolute atomic E-state index is 12.0. The molecule has 0 saturated heterocycles. The largest absolute Gasteiger partial charge is 0.478 e. The molecular weight excluding hydrogens is 352 g/mol. The average molecular weight is 370 g/mol. The molecule has 0 fully saturated rings. The van der Waals surface area contributed by atoms with Crippen molar-refractivity contribution in [1.29, 1.82) is 0 Å². The molecule has 27 heavy (non-hydrogen) atoms. The Hall–Kier alpha value is -3.49. The third kappa shape index (κ3) is 3.31. The van der Waals surface area contributed by atoms with Gasteiger partial charge in [0.1, 0.15) is 0 Å². The van der Waals surface area contributed by atoms with E-state index in [-0.39, 0.29) is 17.2 Å². The summed E-state index contributed by atoms with van der Waals surface area (Å²) >= 11 is 0. The van der Waals surface area contributed by atoms with Gasteiger partial charge in [-0.15, -0.1) is 0 Å². The second-order valence-corrected chi connectivity index (χ2v) is 6.16. The van der Waals surface area contributed by atoms with Gasteiger partial charge in [-0.3, -0.25) is 10.1 Å². The van der Waals surface area contributed by atoms with Gasteiger partial charge in [-0.25, -0.2) is 4.79 Å². The Kier molecular flexibility index (Phi) is 4.76. The smallest absolute Gasteiger partial charge is 0.334 e. The standard InChI is InChI=1S/C18H18N4O5/c1-4-13-20-17(27-21-13)14-9(2)19-10(3)15(18(23)24)16(14)11-6-5-7-12(8-11)22(25)26/h5-8,16,19H,4H2,1-3H3,(H,23,24). The molecule has 0 saturated carbocycles. The second kappa shape index (κ2) is 7.02. The minimum atomic E-state index is -1.13. The lowest BCUT2D eigenvalue weighted by Gasteiger charge is -2.29. The maximum Gasteiger partial charge on any atom is 0.334 e. The van der Waals surface area contributed by atoms with Crippen molar-refractivity contribution in [3.05, 3.63) is 68.6 Å². The molecule has 0 amide bonds. The molecule has 9 nitrogen and oxygen atoms in total. The summed E-state index contributed by atoms with van der Waals surface area (Å²) in [5, 5.41) is 27.9.